The first-order valence-electron chi connectivity index (χ1n) is 6.80. The van der Waals surface area contributed by atoms with Crippen molar-refractivity contribution in [2.45, 2.75) is 6.92 Å². The fourth-order valence-corrected chi connectivity index (χ4v) is 2.57. The summed E-state index contributed by atoms with van der Waals surface area (Å²) in [6.07, 6.45) is 3.15. The molecule has 0 N–H and O–H groups in total. The molecule has 0 amide bonds. The fourth-order valence-electron chi connectivity index (χ4n) is 1.78. The summed E-state index contributed by atoms with van der Waals surface area (Å²) in [5.74, 6) is 0.735. The number of benzene rings is 2. The Balaban J connectivity index is 2.09. The molecule has 2 rings (SSSR count). The highest BCUT2D eigenvalue weighted by molar-refractivity contribution is 7.97. The quantitative estimate of drug-likeness (QED) is 0.836. The lowest BCUT2D eigenvalue weighted by Gasteiger charge is -1.99. The molecule has 0 spiro atoms. The number of sulfone groups is 1. The first-order chi connectivity index (χ1) is 10.5. The molecular weight excluding hydrogens is 296 g/mol. The number of hydrogen-bond acceptors (Lipinski definition) is 3. The van der Waals surface area contributed by atoms with Crippen LogP contribution in [0.25, 0.3) is 12.2 Å². The number of aryl methyl sites for hydroxylation is 1. The van der Waals surface area contributed by atoms with E-state index in [0.29, 0.717) is 0 Å². The Morgan fingerprint density at radius 2 is 1.27 bits per heavy atom. The third kappa shape index (κ3) is 4.90. The van der Waals surface area contributed by atoms with Crippen molar-refractivity contribution in [1.29, 1.82) is 0 Å². The van der Waals surface area contributed by atoms with Gasteiger partial charge in [-0.2, -0.15) is 0 Å². The van der Waals surface area contributed by atoms with Crippen molar-refractivity contribution >= 4 is 22.0 Å². The summed E-state index contributed by atoms with van der Waals surface area (Å²) in [6.45, 7) is 1.99. The largest absolute Gasteiger partial charge is 0.497 e. The van der Waals surface area contributed by atoms with Crippen LogP contribution in [0.2, 0.25) is 0 Å². The van der Waals surface area contributed by atoms with Crippen molar-refractivity contribution < 1.29 is 13.2 Å². The van der Waals surface area contributed by atoms with Gasteiger partial charge in [-0.05, 0) is 42.3 Å². The third-order valence-corrected chi connectivity index (χ3v) is 4.12. The van der Waals surface area contributed by atoms with Crippen molar-refractivity contribution in [3.63, 3.8) is 0 Å². The van der Waals surface area contributed by atoms with Gasteiger partial charge < -0.3 is 4.74 Å². The van der Waals surface area contributed by atoms with E-state index in [1.54, 1.807) is 43.5 Å². The van der Waals surface area contributed by atoms with E-state index < -0.39 is 9.84 Å². The van der Waals surface area contributed by atoms with Gasteiger partial charge in [0.1, 0.15) is 5.75 Å². The van der Waals surface area contributed by atoms with Gasteiger partial charge in [-0.3, -0.25) is 0 Å². The van der Waals surface area contributed by atoms with Gasteiger partial charge in [-0.25, -0.2) is 8.42 Å². The maximum absolute atomic E-state index is 12.0. The highest BCUT2D eigenvalue weighted by atomic mass is 32.2. The Kier molecular flexibility index (Phi) is 5.17. The van der Waals surface area contributed by atoms with Gasteiger partial charge in [0.2, 0.25) is 0 Å². The SMILES string of the molecule is COc1ccc(/C=C/S(=O)(=O)/C=C/c2ccc(C)cc2)cc1. The zero-order valence-corrected chi connectivity index (χ0v) is 13.4. The van der Waals surface area contributed by atoms with Gasteiger partial charge in [0.25, 0.3) is 0 Å². The lowest BCUT2D eigenvalue weighted by atomic mass is 10.2. The van der Waals surface area contributed by atoms with E-state index in [1.165, 1.54) is 10.8 Å². The standard InChI is InChI=1S/C18H18O3S/c1-15-3-5-16(6-4-15)11-13-22(19,20)14-12-17-7-9-18(21-2)10-8-17/h3-14H,1-2H3/b13-11+,14-12+. The number of hydrogen-bond donors (Lipinski definition) is 0. The van der Waals surface area contributed by atoms with Gasteiger partial charge >= 0.3 is 0 Å². The van der Waals surface area contributed by atoms with Gasteiger partial charge in [0.15, 0.2) is 9.84 Å². The van der Waals surface area contributed by atoms with Crippen molar-refractivity contribution in [2.24, 2.45) is 0 Å². The van der Waals surface area contributed by atoms with Crippen LogP contribution in [-0.4, -0.2) is 15.5 Å². The zero-order valence-electron chi connectivity index (χ0n) is 12.6. The van der Waals surface area contributed by atoms with Crippen LogP contribution in [0, 0.1) is 6.92 Å². The summed E-state index contributed by atoms with van der Waals surface area (Å²) >= 11 is 0. The Hall–Kier alpha value is -2.33. The molecule has 0 aliphatic heterocycles. The summed E-state index contributed by atoms with van der Waals surface area (Å²) < 4.78 is 29.0. The number of ether oxygens (including phenoxy) is 1. The fraction of sp³-hybridized carbons (Fsp3) is 0.111. The van der Waals surface area contributed by atoms with Crippen molar-refractivity contribution in [3.05, 3.63) is 76.0 Å². The van der Waals surface area contributed by atoms with Crippen LogP contribution >= 0.6 is 0 Å². The minimum atomic E-state index is -3.40. The Labute approximate surface area is 131 Å². The summed E-state index contributed by atoms with van der Waals surface area (Å²) in [7, 11) is -1.81. The molecule has 4 heteroatoms. The average molecular weight is 314 g/mol. The third-order valence-electron chi connectivity index (χ3n) is 3.09. The Bertz CT molecular complexity index is 768. The number of methoxy groups -OCH3 is 1. The Morgan fingerprint density at radius 1 is 0.818 bits per heavy atom. The monoisotopic (exact) mass is 314 g/mol. The van der Waals surface area contributed by atoms with Crippen LogP contribution in [0.15, 0.2) is 59.3 Å². The van der Waals surface area contributed by atoms with Crippen LogP contribution < -0.4 is 4.74 Å². The molecule has 0 heterocycles. The maximum Gasteiger partial charge on any atom is 0.193 e. The highest BCUT2D eigenvalue weighted by Gasteiger charge is 2.00. The molecule has 2 aromatic carbocycles. The molecule has 0 radical (unpaired) electrons. The van der Waals surface area contributed by atoms with Gasteiger partial charge in [-0.1, -0.05) is 42.0 Å². The molecule has 0 fully saturated rings. The summed E-state index contributed by atoms with van der Waals surface area (Å²) in [6, 6.07) is 14.8. The second-order valence-corrected chi connectivity index (χ2v) is 6.60. The average Bonchev–Trinajstić information content (AvgIpc) is 2.53. The van der Waals surface area contributed by atoms with Crippen LogP contribution in [0.1, 0.15) is 16.7 Å². The predicted octanol–water partition coefficient (Wildman–Crippen LogP) is 4.06. The van der Waals surface area contributed by atoms with Crippen LogP contribution in [0.5, 0.6) is 5.75 Å². The first kappa shape index (κ1) is 16.0. The number of rotatable bonds is 5. The van der Waals surface area contributed by atoms with Gasteiger partial charge in [0, 0.05) is 10.8 Å². The van der Waals surface area contributed by atoms with Gasteiger partial charge in [0.05, 0.1) is 7.11 Å². The summed E-state index contributed by atoms with van der Waals surface area (Å²) in [5, 5.41) is 2.40. The van der Waals surface area contributed by atoms with Crippen LogP contribution in [0.4, 0.5) is 0 Å². The molecule has 0 saturated carbocycles. The van der Waals surface area contributed by atoms with E-state index in [-0.39, 0.29) is 0 Å². The molecule has 3 nitrogen and oxygen atoms in total. The molecular formula is C18H18O3S. The summed E-state index contributed by atoms with van der Waals surface area (Å²) in [5.41, 5.74) is 2.79. The lowest BCUT2D eigenvalue weighted by molar-refractivity contribution is 0.415. The van der Waals surface area contributed by atoms with E-state index in [9.17, 15) is 8.42 Å². The molecule has 0 unspecified atom stereocenters. The minimum absolute atomic E-state index is 0.735. The van der Waals surface area contributed by atoms with E-state index in [1.807, 2.05) is 31.2 Å². The Morgan fingerprint density at radius 3 is 1.73 bits per heavy atom. The van der Waals surface area contributed by atoms with Crippen molar-refractivity contribution in [2.75, 3.05) is 7.11 Å². The van der Waals surface area contributed by atoms with Crippen LogP contribution in [-0.2, 0) is 9.84 Å². The predicted molar refractivity (Wildman–Crippen MR) is 91.2 cm³/mol. The molecule has 0 aromatic heterocycles. The second-order valence-electron chi connectivity index (χ2n) is 4.88. The van der Waals surface area contributed by atoms with E-state index in [2.05, 4.69) is 0 Å². The molecule has 0 atom stereocenters. The normalized spacial score (nSPS) is 12.1. The zero-order chi connectivity index (χ0) is 16.0. The minimum Gasteiger partial charge on any atom is -0.497 e. The topological polar surface area (TPSA) is 43.4 Å². The van der Waals surface area contributed by atoms with Crippen LogP contribution in [0.3, 0.4) is 0 Å². The van der Waals surface area contributed by atoms with E-state index in [0.717, 1.165) is 22.4 Å². The molecule has 2 aromatic rings. The van der Waals surface area contributed by atoms with Gasteiger partial charge in [-0.15, -0.1) is 0 Å². The second kappa shape index (κ2) is 7.09. The molecule has 114 valence electrons. The molecule has 22 heavy (non-hydrogen) atoms. The molecule has 0 bridgehead atoms. The van der Waals surface area contributed by atoms with Crippen molar-refractivity contribution in [1.82, 2.24) is 0 Å². The first-order valence-corrected chi connectivity index (χ1v) is 8.41. The molecule has 0 aliphatic rings. The lowest BCUT2D eigenvalue weighted by Crippen LogP contribution is -1.88. The van der Waals surface area contributed by atoms with E-state index >= 15 is 0 Å². The maximum atomic E-state index is 12.0. The van der Waals surface area contributed by atoms with E-state index in [4.69, 9.17) is 4.74 Å². The summed E-state index contributed by atoms with van der Waals surface area (Å²) in [4.78, 5) is 0. The smallest absolute Gasteiger partial charge is 0.193 e. The molecule has 0 aliphatic carbocycles. The molecule has 0 saturated heterocycles. The van der Waals surface area contributed by atoms with Crippen molar-refractivity contribution in [3.8, 4) is 5.75 Å². The highest BCUT2D eigenvalue weighted by Crippen LogP contribution is 2.13.